The fraction of sp³-hybridized carbons (Fsp3) is 0.538. The van der Waals surface area contributed by atoms with Gasteiger partial charge in [-0.05, 0) is 43.1 Å². The van der Waals surface area contributed by atoms with E-state index in [1.54, 1.807) is 0 Å². The molecule has 2 nitrogen and oxygen atoms in total. The highest BCUT2D eigenvalue weighted by Crippen LogP contribution is 2.17. The Kier molecular flexibility index (Phi) is 5.02. The van der Waals surface area contributed by atoms with Gasteiger partial charge in [-0.3, -0.25) is 0 Å². The third-order valence-electron chi connectivity index (χ3n) is 2.85. The van der Waals surface area contributed by atoms with Gasteiger partial charge in [0.05, 0.1) is 0 Å². The lowest BCUT2D eigenvalue weighted by Crippen LogP contribution is -2.28. The standard InChI is InChI=1S/C13H20F2N2/c1-13(2,9-16)5-6-17-8-10-7-11(14)3-4-12(10)15/h3-4,7,17H,5-6,8-9,16H2,1-2H3. The topological polar surface area (TPSA) is 38.0 Å². The number of rotatable bonds is 6. The number of benzene rings is 1. The maximum absolute atomic E-state index is 13.3. The van der Waals surface area contributed by atoms with Crippen LogP contribution in [0.1, 0.15) is 25.8 Å². The van der Waals surface area contributed by atoms with Gasteiger partial charge < -0.3 is 11.1 Å². The zero-order valence-corrected chi connectivity index (χ0v) is 10.4. The quantitative estimate of drug-likeness (QED) is 0.752. The van der Waals surface area contributed by atoms with Gasteiger partial charge in [-0.1, -0.05) is 13.8 Å². The molecule has 1 aromatic carbocycles. The third kappa shape index (κ3) is 4.79. The molecular formula is C13H20F2N2. The summed E-state index contributed by atoms with van der Waals surface area (Å²) < 4.78 is 26.2. The zero-order valence-electron chi connectivity index (χ0n) is 10.4. The molecule has 0 saturated carbocycles. The van der Waals surface area contributed by atoms with E-state index in [1.807, 2.05) is 0 Å². The highest BCUT2D eigenvalue weighted by molar-refractivity contribution is 5.18. The molecule has 0 aliphatic rings. The van der Waals surface area contributed by atoms with E-state index in [9.17, 15) is 8.78 Å². The Bertz CT molecular complexity index is 364. The number of nitrogens with two attached hydrogens (primary N) is 1. The predicted molar refractivity (Wildman–Crippen MR) is 65.5 cm³/mol. The maximum Gasteiger partial charge on any atom is 0.127 e. The molecule has 3 N–H and O–H groups in total. The highest BCUT2D eigenvalue weighted by atomic mass is 19.1. The molecule has 96 valence electrons. The summed E-state index contributed by atoms with van der Waals surface area (Å²) in [5, 5.41) is 3.10. The summed E-state index contributed by atoms with van der Waals surface area (Å²) in [6, 6.07) is 3.49. The molecule has 0 spiro atoms. The van der Waals surface area contributed by atoms with E-state index in [0.717, 1.165) is 25.1 Å². The lowest BCUT2D eigenvalue weighted by atomic mass is 9.90. The molecular weight excluding hydrogens is 222 g/mol. The van der Waals surface area contributed by atoms with Crippen LogP contribution in [0, 0.1) is 17.0 Å². The normalized spacial score (nSPS) is 11.8. The Morgan fingerprint density at radius 2 is 2.00 bits per heavy atom. The molecule has 0 bridgehead atoms. The first-order chi connectivity index (χ1) is 7.94. The van der Waals surface area contributed by atoms with Crippen molar-refractivity contribution in [2.45, 2.75) is 26.8 Å². The largest absolute Gasteiger partial charge is 0.330 e. The first-order valence-corrected chi connectivity index (χ1v) is 5.79. The van der Waals surface area contributed by atoms with Crippen LogP contribution in [0.3, 0.4) is 0 Å². The lowest BCUT2D eigenvalue weighted by Gasteiger charge is -2.22. The van der Waals surface area contributed by atoms with Gasteiger partial charge in [0.25, 0.3) is 0 Å². The first-order valence-electron chi connectivity index (χ1n) is 5.79. The van der Waals surface area contributed by atoms with Crippen molar-refractivity contribution in [3.8, 4) is 0 Å². The Balaban J connectivity index is 2.38. The molecule has 0 atom stereocenters. The lowest BCUT2D eigenvalue weighted by molar-refractivity contribution is 0.338. The molecule has 4 heteroatoms. The molecule has 1 rings (SSSR count). The molecule has 0 aliphatic heterocycles. The van der Waals surface area contributed by atoms with Crippen molar-refractivity contribution in [3.05, 3.63) is 35.4 Å². The van der Waals surface area contributed by atoms with Crippen molar-refractivity contribution in [1.29, 1.82) is 0 Å². The molecule has 0 unspecified atom stereocenters. The SMILES string of the molecule is CC(C)(CN)CCNCc1cc(F)ccc1F. The zero-order chi connectivity index (χ0) is 12.9. The minimum atomic E-state index is -0.412. The smallest absolute Gasteiger partial charge is 0.127 e. The average molecular weight is 242 g/mol. The van der Waals surface area contributed by atoms with Gasteiger partial charge in [0.15, 0.2) is 0 Å². The Morgan fingerprint density at radius 3 is 2.65 bits per heavy atom. The molecule has 0 aromatic heterocycles. The third-order valence-corrected chi connectivity index (χ3v) is 2.85. The maximum atomic E-state index is 13.3. The highest BCUT2D eigenvalue weighted by Gasteiger charge is 2.14. The van der Waals surface area contributed by atoms with E-state index < -0.39 is 5.82 Å². The molecule has 0 heterocycles. The summed E-state index contributed by atoms with van der Waals surface area (Å²) in [7, 11) is 0. The van der Waals surface area contributed by atoms with Crippen molar-refractivity contribution in [1.82, 2.24) is 5.32 Å². The van der Waals surface area contributed by atoms with E-state index in [1.165, 1.54) is 6.07 Å². The van der Waals surface area contributed by atoms with Crippen molar-refractivity contribution in [3.63, 3.8) is 0 Å². The van der Waals surface area contributed by atoms with Crippen LogP contribution in [0.5, 0.6) is 0 Å². The fourth-order valence-electron chi connectivity index (χ4n) is 1.43. The van der Waals surface area contributed by atoms with E-state index in [-0.39, 0.29) is 11.2 Å². The van der Waals surface area contributed by atoms with Gasteiger partial charge in [0, 0.05) is 12.1 Å². The van der Waals surface area contributed by atoms with Crippen LogP contribution in [0.4, 0.5) is 8.78 Å². The summed E-state index contributed by atoms with van der Waals surface area (Å²) >= 11 is 0. The molecule has 0 radical (unpaired) electrons. The van der Waals surface area contributed by atoms with Gasteiger partial charge in [-0.25, -0.2) is 8.78 Å². The van der Waals surface area contributed by atoms with Crippen LogP contribution in [0.25, 0.3) is 0 Å². The minimum Gasteiger partial charge on any atom is -0.330 e. The van der Waals surface area contributed by atoms with Crippen LogP contribution in [-0.2, 0) is 6.54 Å². The molecule has 1 aromatic rings. The molecule has 0 fully saturated rings. The van der Waals surface area contributed by atoms with E-state index in [2.05, 4.69) is 19.2 Å². The second-order valence-corrected chi connectivity index (χ2v) is 5.03. The molecule has 17 heavy (non-hydrogen) atoms. The number of hydrogen-bond acceptors (Lipinski definition) is 2. The average Bonchev–Trinajstić information content (AvgIpc) is 2.29. The van der Waals surface area contributed by atoms with Crippen molar-refractivity contribution in [2.24, 2.45) is 11.1 Å². The van der Waals surface area contributed by atoms with Crippen LogP contribution in [-0.4, -0.2) is 13.1 Å². The number of nitrogens with one attached hydrogen (secondary N) is 1. The second kappa shape index (κ2) is 6.07. The summed E-state index contributed by atoms with van der Waals surface area (Å²) in [6.07, 6.45) is 0.903. The minimum absolute atomic E-state index is 0.0769. The van der Waals surface area contributed by atoms with Crippen LogP contribution in [0.15, 0.2) is 18.2 Å². The van der Waals surface area contributed by atoms with Crippen LogP contribution < -0.4 is 11.1 Å². The fourth-order valence-corrected chi connectivity index (χ4v) is 1.43. The van der Waals surface area contributed by atoms with Gasteiger partial charge in [0.1, 0.15) is 11.6 Å². The molecule has 0 aliphatic carbocycles. The van der Waals surface area contributed by atoms with E-state index in [4.69, 9.17) is 5.73 Å². The summed E-state index contributed by atoms with van der Waals surface area (Å²) in [6.45, 7) is 5.85. The van der Waals surface area contributed by atoms with E-state index >= 15 is 0 Å². The van der Waals surface area contributed by atoms with Crippen molar-refractivity contribution < 1.29 is 8.78 Å². The molecule has 0 saturated heterocycles. The van der Waals surface area contributed by atoms with Gasteiger partial charge in [-0.15, -0.1) is 0 Å². The second-order valence-electron chi connectivity index (χ2n) is 5.03. The van der Waals surface area contributed by atoms with Gasteiger partial charge in [0.2, 0.25) is 0 Å². The van der Waals surface area contributed by atoms with Crippen molar-refractivity contribution >= 4 is 0 Å². The predicted octanol–water partition coefficient (Wildman–Crippen LogP) is 2.43. The van der Waals surface area contributed by atoms with Crippen LogP contribution in [0.2, 0.25) is 0 Å². The molecule has 0 amide bonds. The number of hydrogen-bond donors (Lipinski definition) is 2. The van der Waals surface area contributed by atoms with Gasteiger partial charge in [-0.2, -0.15) is 0 Å². The summed E-state index contributed by atoms with van der Waals surface area (Å²) in [5.74, 6) is -0.789. The Hall–Kier alpha value is -1.00. The van der Waals surface area contributed by atoms with E-state index in [0.29, 0.717) is 18.7 Å². The van der Waals surface area contributed by atoms with Gasteiger partial charge >= 0.3 is 0 Å². The Morgan fingerprint density at radius 1 is 1.29 bits per heavy atom. The Labute approximate surface area is 101 Å². The number of halogens is 2. The summed E-state index contributed by atoms with van der Waals surface area (Å²) in [4.78, 5) is 0. The first kappa shape index (κ1) is 14.1. The van der Waals surface area contributed by atoms with Crippen LogP contribution >= 0.6 is 0 Å². The van der Waals surface area contributed by atoms with Crippen molar-refractivity contribution in [2.75, 3.05) is 13.1 Å². The monoisotopic (exact) mass is 242 g/mol. The summed E-state index contributed by atoms with van der Waals surface area (Å²) in [5.41, 5.74) is 6.04.